The number of halogens is 6. The Bertz CT molecular complexity index is 1840. The lowest BCUT2D eigenvalue weighted by Crippen LogP contribution is -2.49. The third-order valence-corrected chi connectivity index (χ3v) is 14.3. The van der Waals surface area contributed by atoms with Crippen LogP contribution < -0.4 is 0 Å². The van der Waals surface area contributed by atoms with Gasteiger partial charge < -0.3 is 0 Å². The lowest BCUT2D eigenvalue weighted by Gasteiger charge is -2.34. The minimum absolute atomic E-state index is 0.252. The fraction of sp³-hybridized carbons (Fsp3) is 0.133. The first kappa shape index (κ1) is 27.1. The van der Waals surface area contributed by atoms with Crippen molar-refractivity contribution in [2.24, 2.45) is 0 Å². The van der Waals surface area contributed by atoms with Gasteiger partial charge in [0.1, 0.15) is 5.41 Å². The smallest absolute Gasteiger partial charge is 0.194 e. The Morgan fingerprint density at radius 3 is 1.31 bits per heavy atom. The van der Waals surface area contributed by atoms with Crippen molar-refractivity contribution in [3.8, 4) is 19.5 Å². The summed E-state index contributed by atoms with van der Waals surface area (Å²) >= 11 is 8.30. The SMILES string of the molecule is FC1(F)C2=C(c3ccsc3C(c3ccc(-c4cccs4)s3)(c3ccc(-c4cccs4)s3)c3sccc32)C(F)(F)C1(F)F. The highest BCUT2D eigenvalue weighted by Crippen LogP contribution is 2.70. The highest BCUT2D eigenvalue weighted by Gasteiger charge is 2.81. The molecule has 212 valence electrons. The van der Waals surface area contributed by atoms with E-state index in [1.807, 2.05) is 59.3 Å². The number of allylic oxidation sites excluding steroid dienone is 2. The topological polar surface area (TPSA) is 0 Å². The molecule has 0 fully saturated rings. The predicted molar refractivity (Wildman–Crippen MR) is 165 cm³/mol. The van der Waals surface area contributed by atoms with Crippen LogP contribution in [0.3, 0.4) is 0 Å². The largest absolute Gasteiger partial charge is 0.380 e. The number of thiophene rings is 6. The van der Waals surface area contributed by atoms with Gasteiger partial charge in [-0.2, -0.15) is 26.3 Å². The van der Waals surface area contributed by atoms with E-state index in [1.54, 1.807) is 22.7 Å². The molecule has 42 heavy (non-hydrogen) atoms. The lowest BCUT2D eigenvalue weighted by molar-refractivity contribution is -0.254. The van der Waals surface area contributed by atoms with E-state index in [9.17, 15) is 8.78 Å². The molecular formula is C30H14F6S6. The molecule has 0 bridgehead atoms. The van der Waals surface area contributed by atoms with Crippen LogP contribution >= 0.6 is 68.0 Å². The molecule has 8 rings (SSSR count). The summed E-state index contributed by atoms with van der Waals surface area (Å²) in [6.45, 7) is 0. The molecule has 0 saturated carbocycles. The van der Waals surface area contributed by atoms with Crippen LogP contribution in [0, 0.1) is 0 Å². The summed E-state index contributed by atoms with van der Waals surface area (Å²) in [6, 6.07) is 18.1. The van der Waals surface area contributed by atoms with Gasteiger partial charge in [-0.3, -0.25) is 0 Å². The zero-order valence-electron chi connectivity index (χ0n) is 20.8. The monoisotopic (exact) mass is 680 g/mol. The first-order valence-electron chi connectivity index (χ1n) is 12.4. The Hall–Kier alpha value is -2.48. The van der Waals surface area contributed by atoms with Gasteiger partial charge in [0.25, 0.3) is 0 Å². The van der Waals surface area contributed by atoms with Gasteiger partial charge in [0.05, 0.1) is 0 Å². The van der Waals surface area contributed by atoms with Crippen molar-refractivity contribution in [1.82, 2.24) is 0 Å². The van der Waals surface area contributed by atoms with Gasteiger partial charge >= 0.3 is 17.8 Å². The molecule has 2 aliphatic rings. The van der Waals surface area contributed by atoms with Gasteiger partial charge in [-0.05, 0) is 81.2 Å². The van der Waals surface area contributed by atoms with E-state index in [2.05, 4.69) is 0 Å². The van der Waals surface area contributed by atoms with E-state index in [0.717, 1.165) is 51.9 Å². The molecule has 2 aliphatic carbocycles. The molecule has 6 aromatic heterocycles. The van der Waals surface area contributed by atoms with E-state index in [1.165, 1.54) is 45.6 Å². The van der Waals surface area contributed by atoms with Crippen LogP contribution in [-0.2, 0) is 5.41 Å². The number of fused-ring (bicyclic) bond motifs is 4. The van der Waals surface area contributed by atoms with Gasteiger partial charge in [-0.15, -0.1) is 68.0 Å². The fourth-order valence-electron chi connectivity index (χ4n) is 5.88. The second kappa shape index (κ2) is 9.02. The summed E-state index contributed by atoms with van der Waals surface area (Å²) < 4.78 is 92.6. The van der Waals surface area contributed by atoms with Gasteiger partial charge in [-0.25, -0.2) is 0 Å². The van der Waals surface area contributed by atoms with Crippen molar-refractivity contribution < 1.29 is 26.3 Å². The Balaban J connectivity index is 1.49. The van der Waals surface area contributed by atoms with Crippen molar-refractivity contribution in [1.29, 1.82) is 0 Å². The van der Waals surface area contributed by atoms with Crippen LogP contribution in [0.15, 0.2) is 82.2 Å². The van der Waals surface area contributed by atoms with Crippen LogP contribution in [0.2, 0.25) is 0 Å². The summed E-state index contributed by atoms with van der Waals surface area (Å²) in [5.41, 5.74) is -4.32. The number of hydrogen-bond acceptors (Lipinski definition) is 6. The first-order chi connectivity index (χ1) is 20.1. The van der Waals surface area contributed by atoms with Crippen LogP contribution in [-0.4, -0.2) is 17.8 Å². The van der Waals surface area contributed by atoms with E-state index in [4.69, 9.17) is 0 Å². The van der Waals surface area contributed by atoms with Crippen LogP contribution in [0.5, 0.6) is 0 Å². The van der Waals surface area contributed by atoms with E-state index in [-0.39, 0.29) is 11.1 Å². The highest BCUT2D eigenvalue weighted by molar-refractivity contribution is 7.23. The molecule has 6 aromatic rings. The molecule has 0 unspecified atom stereocenters. The maximum atomic E-state index is 15.7. The second-order valence-corrected chi connectivity index (χ2v) is 15.7. The molecular weight excluding hydrogens is 667 g/mol. The molecule has 0 aromatic carbocycles. The van der Waals surface area contributed by atoms with Crippen LogP contribution in [0.1, 0.15) is 30.6 Å². The Labute approximate surface area is 259 Å². The van der Waals surface area contributed by atoms with Gasteiger partial charge in [0.15, 0.2) is 0 Å². The lowest BCUT2D eigenvalue weighted by atomic mass is 9.78. The summed E-state index contributed by atoms with van der Waals surface area (Å²) in [6.07, 6.45) is 0. The molecule has 0 atom stereocenters. The molecule has 0 amide bonds. The molecule has 0 aliphatic heterocycles. The number of hydrogen-bond donors (Lipinski definition) is 0. The minimum Gasteiger partial charge on any atom is -0.194 e. The van der Waals surface area contributed by atoms with Crippen LogP contribution in [0.4, 0.5) is 26.3 Å². The Morgan fingerprint density at radius 1 is 0.452 bits per heavy atom. The van der Waals surface area contributed by atoms with Crippen molar-refractivity contribution in [2.75, 3.05) is 0 Å². The van der Waals surface area contributed by atoms with Crippen molar-refractivity contribution >= 4 is 79.2 Å². The quantitative estimate of drug-likeness (QED) is 0.163. The fourth-order valence-corrected chi connectivity index (χ4v) is 12.7. The standard InChI is InChI=1S/C30H14F6S6/c31-28(32)23-15-9-13-39-25(15)27(21-7-5-19(41-21)17-3-1-11-37-17,22-8-6-20(42-22)18-4-2-12-38-18)26-16(10-14-40-26)24(23)29(33,34)30(28,35)36/h1-14H. The second-order valence-electron chi connectivity index (χ2n) is 9.83. The highest BCUT2D eigenvalue weighted by atomic mass is 32.1. The maximum absolute atomic E-state index is 15.7. The molecule has 0 saturated heterocycles. The minimum atomic E-state index is -5.58. The zero-order valence-corrected chi connectivity index (χ0v) is 25.7. The first-order valence-corrected chi connectivity index (χ1v) is 17.6. The van der Waals surface area contributed by atoms with E-state index >= 15 is 17.6 Å². The van der Waals surface area contributed by atoms with Gasteiger partial charge in [-0.1, -0.05) is 12.1 Å². The van der Waals surface area contributed by atoms with E-state index < -0.39 is 34.3 Å². The molecule has 6 heterocycles. The summed E-state index contributed by atoms with van der Waals surface area (Å²) in [5.74, 6) is -15.7. The van der Waals surface area contributed by atoms with Crippen LogP contribution in [0.25, 0.3) is 30.7 Å². The Kier molecular flexibility index (Phi) is 5.82. The van der Waals surface area contributed by atoms with Gasteiger partial charge in [0, 0.05) is 50.2 Å². The average molecular weight is 681 g/mol. The average Bonchev–Trinajstić information content (AvgIpc) is 3.80. The summed E-state index contributed by atoms with van der Waals surface area (Å²) in [4.78, 5) is 6.07. The molecule has 0 radical (unpaired) electrons. The number of rotatable bonds is 4. The maximum Gasteiger partial charge on any atom is 0.380 e. The van der Waals surface area contributed by atoms with Crippen molar-refractivity contribution in [3.63, 3.8) is 0 Å². The third kappa shape index (κ3) is 3.28. The zero-order chi connectivity index (χ0) is 29.1. The third-order valence-electron chi connectivity index (χ3n) is 7.70. The summed E-state index contributed by atoms with van der Waals surface area (Å²) in [7, 11) is 0. The molecule has 0 nitrogen and oxygen atoms in total. The molecule has 0 spiro atoms. The molecule has 0 N–H and O–H groups in total. The molecule has 12 heteroatoms. The normalized spacial score (nSPS) is 19.4. The summed E-state index contributed by atoms with van der Waals surface area (Å²) in [5, 5.41) is 6.98. The number of alkyl halides is 6. The van der Waals surface area contributed by atoms with Crippen molar-refractivity contribution in [3.05, 3.63) is 113 Å². The van der Waals surface area contributed by atoms with Gasteiger partial charge in [0.2, 0.25) is 0 Å². The Morgan fingerprint density at radius 2 is 0.905 bits per heavy atom. The predicted octanol–water partition coefficient (Wildman–Crippen LogP) is 11.9. The van der Waals surface area contributed by atoms with Crippen molar-refractivity contribution in [2.45, 2.75) is 23.2 Å². The van der Waals surface area contributed by atoms with E-state index in [0.29, 0.717) is 9.75 Å².